The van der Waals surface area contributed by atoms with E-state index in [1.807, 2.05) is 36.4 Å². The van der Waals surface area contributed by atoms with Gasteiger partial charge in [0.2, 0.25) is 5.91 Å². The van der Waals surface area contributed by atoms with E-state index < -0.39 is 0 Å². The van der Waals surface area contributed by atoms with Gasteiger partial charge in [0, 0.05) is 6.54 Å². The van der Waals surface area contributed by atoms with Gasteiger partial charge in [0.25, 0.3) is 0 Å². The lowest BCUT2D eigenvalue weighted by Gasteiger charge is -2.10. The van der Waals surface area contributed by atoms with Crippen molar-refractivity contribution in [1.29, 1.82) is 0 Å². The normalized spacial score (nSPS) is 10.1. The van der Waals surface area contributed by atoms with Gasteiger partial charge in [-0.2, -0.15) is 0 Å². The van der Waals surface area contributed by atoms with Crippen molar-refractivity contribution in [3.8, 4) is 11.1 Å². The highest BCUT2D eigenvalue weighted by atomic mass is 35.5. The van der Waals surface area contributed by atoms with Gasteiger partial charge < -0.3 is 5.32 Å². The number of hydrogen-bond acceptors (Lipinski definition) is 1. The monoisotopic (exact) mass is 259 g/mol. The van der Waals surface area contributed by atoms with Crippen LogP contribution in [0.1, 0.15) is 5.56 Å². The highest BCUT2D eigenvalue weighted by Crippen LogP contribution is 2.23. The molecule has 0 unspecified atom stereocenters. The van der Waals surface area contributed by atoms with Gasteiger partial charge in [-0.3, -0.25) is 4.79 Å². The fraction of sp³-hybridized carbons (Fsp3) is 0.133. The third kappa shape index (κ3) is 3.11. The summed E-state index contributed by atoms with van der Waals surface area (Å²) in [4.78, 5) is 11.2. The Morgan fingerprint density at radius 1 is 1.00 bits per heavy atom. The van der Waals surface area contributed by atoms with Crippen molar-refractivity contribution < 1.29 is 4.79 Å². The van der Waals surface area contributed by atoms with E-state index in [4.69, 9.17) is 11.6 Å². The second-order valence-corrected chi connectivity index (χ2v) is 4.20. The third-order valence-corrected chi connectivity index (χ3v) is 2.94. The summed E-state index contributed by atoms with van der Waals surface area (Å²) in [6.45, 7) is 0.497. The van der Waals surface area contributed by atoms with Gasteiger partial charge in [-0.15, -0.1) is 11.6 Å². The van der Waals surface area contributed by atoms with E-state index in [0.29, 0.717) is 6.54 Å². The van der Waals surface area contributed by atoms with Crippen LogP contribution in [0.25, 0.3) is 11.1 Å². The lowest BCUT2D eigenvalue weighted by atomic mass is 10.00. The predicted octanol–water partition coefficient (Wildman–Crippen LogP) is 3.21. The number of halogens is 1. The number of alkyl halides is 1. The average Bonchev–Trinajstić information content (AvgIpc) is 2.46. The van der Waals surface area contributed by atoms with Crippen molar-refractivity contribution in [2.45, 2.75) is 6.54 Å². The molecule has 2 aromatic rings. The minimum atomic E-state index is -0.153. The second kappa shape index (κ2) is 6.22. The first-order chi connectivity index (χ1) is 8.81. The molecular weight excluding hydrogens is 246 g/mol. The molecule has 0 aromatic heterocycles. The maximum Gasteiger partial charge on any atom is 0.235 e. The van der Waals surface area contributed by atoms with Gasteiger partial charge in [0.05, 0.1) is 0 Å². The standard InChI is InChI=1S/C15H14ClNO/c16-10-15(18)17-11-13-8-4-5-9-14(13)12-6-2-1-3-7-12/h1-9H,10-11H2,(H,17,18). The highest BCUT2D eigenvalue weighted by Gasteiger charge is 2.05. The summed E-state index contributed by atoms with van der Waals surface area (Å²) in [5, 5.41) is 2.79. The number of amides is 1. The topological polar surface area (TPSA) is 29.1 Å². The summed E-state index contributed by atoms with van der Waals surface area (Å²) in [6, 6.07) is 18.1. The molecule has 0 aliphatic carbocycles. The van der Waals surface area contributed by atoms with Crippen LogP contribution in [-0.4, -0.2) is 11.8 Å². The first kappa shape index (κ1) is 12.7. The van der Waals surface area contributed by atoms with Crippen LogP contribution in [0.2, 0.25) is 0 Å². The van der Waals surface area contributed by atoms with E-state index >= 15 is 0 Å². The van der Waals surface area contributed by atoms with Crippen LogP contribution in [0, 0.1) is 0 Å². The lowest BCUT2D eigenvalue weighted by Crippen LogP contribution is -2.23. The molecule has 0 radical (unpaired) electrons. The Hall–Kier alpha value is -1.80. The Kier molecular flexibility index (Phi) is 4.37. The molecule has 1 amide bonds. The zero-order chi connectivity index (χ0) is 12.8. The van der Waals surface area contributed by atoms with E-state index in [1.54, 1.807) is 0 Å². The summed E-state index contributed by atoms with van der Waals surface area (Å²) < 4.78 is 0. The molecule has 0 fully saturated rings. The molecule has 0 aliphatic rings. The van der Waals surface area contributed by atoms with E-state index in [9.17, 15) is 4.79 Å². The van der Waals surface area contributed by atoms with E-state index in [1.165, 1.54) is 0 Å². The van der Waals surface area contributed by atoms with Crippen molar-refractivity contribution in [2.24, 2.45) is 0 Å². The van der Waals surface area contributed by atoms with Gasteiger partial charge in [-0.25, -0.2) is 0 Å². The zero-order valence-corrected chi connectivity index (χ0v) is 10.7. The molecule has 0 spiro atoms. The van der Waals surface area contributed by atoms with Crippen molar-refractivity contribution >= 4 is 17.5 Å². The van der Waals surface area contributed by atoms with Crippen LogP contribution in [0.5, 0.6) is 0 Å². The van der Waals surface area contributed by atoms with Crippen LogP contribution < -0.4 is 5.32 Å². The first-order valence-electron chi connectivity index (χ1n) is 5.77. The van der Waals surface area contributed by atoms with Crippen LogP contribution >= 0.6 is 11.6 Å². The van der Waals surface area contributed by atoms with Crippen LogP contribution in [0.4, 0.5) is 0 Å². The van der Waals surface area contributed by atoms with Crippen molar-refractivity contribution in [3.05, 3.63) is 60.2 Å². The average molecular weight is 260 g/mol. The molecule has 2 nitrogen and oxygen atoms in total. The maximum atomic E-state index is 11.2. The molecular formula is C15H14ClNO. The van der Waals surface area contributed by atoms with Gasteiger partial charge in [-0.1, -0.05) is 54.6 Å². The van der Waals surface area contributed by atoms with E-state index in [-0.39, 0.29) is 11.8 Å². The molecule has 0 saturated carbocycles. The Balaban J connectivity index is 2.24. The fourth-order valence-electron chi connectivity index (χ4n) is 1.81. The maximum absolute atomic E-state index is 11.2. The molecule has 0 saturated heterocycles. The number of hydrogen-bond donors (Lipinski definition) is 1. The number of nitrogens with one attached hydrogen (secondary N) is 1. The number of rotatable bonds is 4. The van der Waals surface area contributed by atoms with Crippen LogP contribution in [-0.2, 0) is 11.3 Å². The minimum absolute atomic E-state index is 0.00644. The lowest BCUT2D eigenvalue weighted by molar-refractivity contribution is -0.118. The summed E-state index contributed by atoms with van der Waals surface area (Å²) >= 11 is 5.46. The quantitative estimate of drug-likeness (QED) is 0.840. The zero-order valence-electron chi connectivity index (χ0n) is 9.90. The summed E-state index contributed by atoms with van der Waals surface area (Å²) in [5.41, 5.74) is 3.36. The molecule has 0 aliphatic heterocycles. The second-order valence-electron chi connectivity index (χ2n) is 3.93. The molecule has 0 heterocycles. The molecule has 0 bridgehead atoms. The van der Waals surface area contributed by atoms with E-state index in [2.05, 4.69) is 23.5 Å². The number of carbonyl (C=O) groups excluding carboxylic acids is 1. The molecule has 92 valence electrons. The molecule has 18 heavy (non-hydrogen) atoms. The summed E-state index contributed by atoms with van der Waals surface area (Å²) in [5.74, 6) is -0.160. The molecule has 2 rings (SSSR count). The Labute approximate surface area is 112 Å². The molecule has 2 aromatic carbocycles. The minimum Gasteiger partial charge on any atom is -0.351 e. The summed E-state index contributed by atoms with van der Waals surface area (Å²) in [7, 11) is 0. The predicted molar refractivity (Wildman–Crippen MR) is 74.4 cm³/mol. The van der Waals surface area contributed by atoms with Gasteiger partial charge in [0.15, 0.2) is 0 Å². The third-order valence-electron chi connectivity index (χ3n) is 2.70. The molecule has 0 atom stereocenters. The van der Waals surface area contributed by atoms with Gasteiger partial charge >= 0.3 is 0 Å². The van der Waals surface area contributed by atoms with Crippen molar-refractivity contribution in [2.75, 3.05) is 5.88 Å². The van der Waals surface area contributed by atoms with Crippen molar-refractivity contribution in [1.82, 2.24) is 5.32 Å². The van der Waals surface area contributed by atoms with Crippen molar-refractivity contribution in [3.63, 3.8) is 0 Å². The fourth-order valence-corrected chi connectivity index (χ4v) is 1.91. The number of benzene rings is 2. The Morgan fingerprint density at radius 2 is 1.67 bits per heavy atom. The molecule has 1 N–H and O–H groups in total. The van der Waals surface area contributed by atoms with Gasteiger partial charge in [-0.05, 0) is 16.7 Å². The summed E-state index contributed by atoms with van der Waals surface area (Å²) in [6.07, 6.45) is 0. The Bertz CT molecular complexity index is 525. The SMILES string of the molecule is O=C(CCl)NCc1ccccc1-c1ccccc1. The number of carbonyl (C=O) groups is 1. The molecule has 3 heteroatoms. The highest BCUT2D eigenvalue weighted by molar-refractivity contribution is 6.27. The van der Waals surface area contributed by atoms with Crippen LogP contribution in [0.3, 0.4) is 0 Å². The largest absolute Gasteiger partial charge is 0.351 e. The smallest absolute Gasteiger partial charge is 0.235 e. The van der Waals surface area contributed by atoms with E-state index in [0.717, 1.165) is 16.7 Å². The van der Waals surface area contributed by atoms with Crippen LogP contribution in [0.15, 0.2) is 54.6 Å². The van der Waals surface area contributed by atoms with Gasteiger partial charge in [0.1, 0.15) is 5.88 Å². The first-order valence-corrected chi connectivity index (χ1v) is 6.30. The Morgan fingerprint density at radius 3 is 2.39 bits per heavy atom.